The summed E-state index contributed by atoms with van der Waals surface area (Å²) in [5.74, 6) is 0.874. The summed E-state index contributed by atoms with van der Waals surface area (Å²) < 4.78 is 0.920. The molecule has 2 unspecified atom stereocenters. The minimum absolute atomic E-state index is 0.757. The van der Waals surface area contributed by atoms with E-state index in [1.807, 2.05) is 6.07 Å². The Morgan fingerprint density at radius 3 is 2.85 bits per heavy atom. The molecule has 0 saturated heterocycles. The van der Waals surface area contributed by atoms with E-state index < -0.39 is 0 Å². The first-order chi connectivity index (χ1) is 6.24. The highest BCUT2D eigenvalue weighted by atomic mass is 79.9. The number of hydrogen-bond donors (Lipinski definition) is 0. The van der Waals surface area contributed by atoms with Crippen LogP contribution in [0.5, 0.6) is 0 Å². The van der Waals surface area contributed by atoms with E-state index in [1.165, 1.54) is 30.6 Å². The zero-order valence-electron chi connectivity index (χ0n) is 7.30. The van der Waals surface area contributed by atoms with Crippen molar-refractivity contribution in [1.82, 2.24) is 0 Å². The summed E-state index contributed by atoms with van der Waals surface area (Å²) in [5.41, 5.74) is 0. The molecule has 3 heteroatoms. The Bertz CT molecular complexity index is 284. The van der Waals surface area contributed by atoms with Crippen molar-refractivity contribution in [3.05, 3.63) is 21.3 Å². The summed E-state index contributed by atoms with van der Waals surface area (Å²) in [6.45, 7) is 0. The number of hydrogen-bond acceptors (Lipinski definition) is 1. The number of rotatable bonds is 2. The monoisotopic (exact) mass is 278 g/mol. The Kier molecular flexibility index (Phi) is 3.33. The predicted molar refractivity (Wildman–Crippen MR) is 63.1 cm³/mol. The van der Waals surface area contributed by atoms with E-state index in [1.54, 1.807) is 11.3 Å². The van der Waals surface area contributed by atoms with Crippen molar-refractivity contribution in [3.63, 3.8) is 0 Å². The van der Waals surface area contributed by atoms with E-state index in [-0.39, 0.29) is 0 Å². The molecule has 1 aromatic rings. The van der Waals surface area contributed by atoms with Gasteiger partial charge in [0.05, 0.1) is 4.34 Å². The van der Waals surface area contributed by atoms with Crippen molar-refractivity contribution in [2.24, 2.45) is 5.92 Å². The zero-order chi connectivity index (χ0) is 9.26. The first-order valence-electron chi connectivity index (χ1n) is 4.62. The average Bonchev–Trinajstić information content (AvgIpc) is 2.62. The lowest BCUT2D eigenvalue weighted by atomic mass is 10.0. The van der Waals surface area contributed by atoms with Crippen LogP contribution in [-0.4, -0.2) is 4.83 Å². The molecule has 1 aliphatic rings. The van der Waals surface area contributed by atoms with Crippen LogP contribution in [0.2, 0.25) is 4.34 Å². The molecular weight excluding hydrogens is 268 g/mol. The van der Waals surface area contributed by atoms with Crippen LogP contribution < -0.4 is 0 Å². The zero-order valence-corrected chi connectivity index (χ0v) is 10.5. The minimum atomic E-state index is 0.757. The fourth-order valence-corrected chi connectivity index (χ4v) is 3.94. The molecule has 0 aliphatic heterocycles. The van der Waals surface area contributed by atoms with Crippen LogP contribution in [0.4, 0.5) is 0 Å². The summed E-state index contributed by atoms with van der Waals surface area (Å²) >= 11 is 11.3. The summed E-state index contributed by atoms with van der Waals surface area (Å²) in [5, 5.41) is 0. The van der Waals surface area contributed by atoms with Gasteiger partial charge in [0, 0.05) is 9.70 Å². The van der Waals surface area contributed by atoms with Gasteiger partial charge in [-0.3, -0.25) is 0 Å². The lowest BCUT2D eigenvalue weighted by molar-refractivity contribution is 0.553. The molecule has 1 aliphatic carbocycles. The van der Waals surface area contributed by atoms with Gasteiger partial charge in [0.15, 0.2) is 0 Å². The SMILES string of the molecule is Clc1ccc(CC2CCC(Br)C2)s1. The van der Waals surface area contributed by atoms with Crippen LogP contribution in [0.1, 0.15) is 24.1 Å². The van der Waals surface area contributed by atoms with Crippen LogP contribution >= 0.6 is 38.9 Å². The molecule has 0 bridgehead atoms. The van der Waals surface area contributed by atoms with Gasteiger partial charge < -0.3 is 0 Å². The van der Waals surface area contributed by atoms with E-state index in [0.29, 0.717) is 0 Å². The Morgan fingerprint density at radius 1 is 1.46 bits per heavy atom. The highest BCUT2D eigenvalue weighted by molar-refractivity contribution is 9.09. The van der Waals surface area contributed by atoms with Gasteiger partial charge in [-0.15, -0.1) is 11.3 Å². The van der Waals surface area contributed by atoms with Crippen LogP contribution in [0.15, 0.2) is 12.1 Å². The van der Waals surface area contributed by atoms with Crippen LogP contribution in [0, 0.1) is 5.92 Å². The third kappa shape index (κ3) is 2.71. The molecule has 1 heterocycles. The molecule has 0 N–H and O–H groups in total. The average molecular weight is 280 g/mol. The molecule has 1 fully saturated rings. The fourth-order valence-electron chi connectivity index (χ4n) is 1.95. The third-order valence-electron chi connectivity index (χ3n) is 2.60. The molecule has 2 rings (SSSR count). The van der Waals surface area contributed by atoms with E-state index in [4.69, 9.17) is 11.6 Å². The summed E-state index contributed by atoms with van der Waals surface area (Å²) in [6.07, 6.45) is 5.25. The van der Waals surface area contributed by atoms with Gasteiger partial charge in [-0.2, -0.15) is 0 Å². The van der Waals surface area contributed by atoms with E-state index in [9.17, 15) is 0 Å². The van der Waals surface area contributed by atoms with Gasteiger partial charge in [0.1, 0.15) is 0 Å². The van der Waals surface area contributed by atoms with Gasteiger partial charge in [0.2, 0.25) is 0 Å². The molecule has 0 amide bonds. The van der Waals surface area contributed by atoms with Crippen molar-refractivity contribution in [3.8, 4) is 0 Å². The lowest BCUT2D eigenvalue weighted by Gasteiger charge is -2.05. The summed E-state index contributed by atoms with van der Waals surface area (Å²) in [7, 11) is 0. The molecule has 1 saturated carbocycles. The quantitative estimate of drug-likeness (QED) is 0.699. The molecular formula is C10H12BrClS. The summed E-state index contributed by atoms with van der Waals surface area (Å²) in [4.78, 5) is 2.20. The smallest absolute Gasteiger partial charge is 0.0931 e. The molecule has 1 aromatic heterocycles. The first-order valence-corrected chi connectivity index (χ1v) is 6.73. The van der Waals surface area contributed by atoms with Crippen molar-refractivity contribution in [2.45, 2.75) is 30.5 Å². The van der Waals surface area contributed by atoms with Crippen LogP contribution in [-0.2, 0) is 6.42 Å². The first kappa shape index (κ1) is 10.0. The minimum Gasteiger partial charge on any atom is -0.128 e. The number of alkyl halides is 1. The maximum atomic E-state index is 5.88. The molecule has 13 heavy (non-hydrogen) atoms. The molecule has 2 atom stereocenters. The largest absolute Gasteiger partial charge is 0.128 e. The lowest BCUT2D eigenvalue weighted by Crippen LogP contribution is -1.98. The van der Waals surface area contributed by atoms with E-state index in [2.05, 4.69) is 22.0 Å². The molecule has 72 valence electrons. The molecule has 0 spiro atoms. The van der Waals surface area contributed by atoms with Gasteiger partial charge in [-0.05, 0) is 43.7 Å². The maximum absolute atomic E-state index is 5.88. The fraction of sp³-hybridized carbons (Fsp3) is 0.600. The van der Waals surface area contributed by atoms with Gasteiger partial charge in [0.25, 0.3) is 0 Å². The van der Waals surface area contributed by atoms with E-state index >= 15 is 0 Å². The second-order valence-corrected chi connectivity index (χ2v) is 6.78. The molecule has 0 radical (unpaired) electrons. The molecule has 0 aromatic carbocycles. The topological polar surface area (TPSA) is 0 Å². The van der Waals surface area contributed by atoms with Crippen LogP contribution in [0.3, 0.4) is 0 Å². The highest BCUT2D eigenvalue weighted by Gasteiger charge is 2.22. The second kappa shape index (κ2) is 4.33. The predicted octanol–water partition coefficient (Wildman–Crippen LogP) is 4.51. The van der Waals surface area contributed by atoms with Gasteiger partial charge in [-0.1, -0.05) is 27.5 Å². The summed E-state index contributed by atoms with van der Waals surface area (Å²) in [6, 6.07) is 4.16. The maximum Gasteiger partial charge on any atom is 0.0931 e. The van der Waals surface area contributed by atoms with Gasteiger partial charge >= 0.3 is 0 Å². The number of thiophene rings is 1. The van der Waals surface area contributed by atoms with Crippen molar-refractivity contribution >= 4 is 38.9 Å². The Balaban J connectivity index is 1.91. The van der Waals surface area contributed by atoms with Crippen molar-refractivity contribution < 1.29 is 0 Å². The van der Waals surface area contributed by atoms with Gasteiger partial charge in [-0.25, -0.2) is 0 Å². The van der Waals surface area contributed by atoms with E-state index in [0.717, 1.165) is 15.1 Å². The van der Waals surface area contributed by atoms with Crippen molar-refractivity contribution in [2.75, 3.05) is 0 Å². The Morgan fingerprint density at radius 2 is 2.31 bits per heavy atom. The van der Waals surface area contributed by atoms with Crippen LogP contribution in [0.25, 0.3) is 0 Å². The second-order valence-electron chi connectivity index (χ2n) is 3.69. The Hall–Kier alpha value is 0.470. The standard InChI is InChI=1S/C10H12BrClS/c11-8-2-1-7(5-8)6-9-3-4-10(12)13-9/h3-4,7-8H,1-2,5-6H2. The normalized spacial score (nSPS) is 28.2. The highest BCUT2D eigenvalue weighted by Crippen LogP contribution is 2.34. The van der Waals surface area contributed by atoms with Crippen molar-refractivity contribution in [1.29, 1.82) is 0 Å². The number of halogens is 2. The Labute approximate surface area is 96.4 Å². The molecule has 0 nitrogen and oxygen atoms in total. The third-order valence-corrected chi connectivity index (χ3v) is 4.68.